The number of benzene rings is 2. The second kappa shape index (κ2) is 13.9. The molecule has 10 heteroatoms. The molecule has 0 aliphatic carbocycles. The zero-order valence-electron chi connectivity index (χ0n) is 22.5. The van der Waals surface area contributed by atoms with E-state index in [2.05, 4.69) is 22.5 Å². The van der Waals surface area contributed by atoms with Gasteiger partial charge in [0.1, 0.15) is 6.54 Å². The Morgan fingerprint density at radius 1 is 1.05 bits per heavy atom. The Kier molecular flexibility index (Phi) is 10.3. The molecule has 4 N–H and O–H groups in total. The molecule has 0 spiro atoms. The lowest BCUT2D eigenvalue weighted by Gasteiger charge is -2.43. The minimum atomic E-state index is -0.629. The fourth-order valence-corrected chi connectivity index (χ4v) is 5.16. The third-order valence-corrected chi connectivity index (χ3v) is 7.39. The first kappa shape index (κ1) is 29.0. The van der Waals surface area contributed by atoms with Gasteiger partial charge in [0, 0.05) is 29.8 Å². The van der Waals surface area contributed by atoms with Crippen molar-refractivity contribution in [2.24, 2.45) is 5.92 Å². The Bertz CT molecular complexity index is 1080. The highest BCUT2D eigenvalue weighted by atomic mass is 16.7. The minimum Gasteiger partial charge on any atom is -0.465 e. The molecule has 0 saturated carbocycles. The highest BCUT2D eigenvalue weighted by Gasteiger charge is 2.40. The summed E-state index contributed by atoms with van der Waals surface area (Å²) in [5, 5.41) is 24.5. The molecular weight excluding hydrogens is 502 g/mol. The maximum atomic E-state index is 12.1. The van der Waals surface area contributed by atoms with Gasteiger partial charge in [0.2, 0.25) is 0 Å². The molecule has 2 heterocycles. The number of ether oxygens (including phenoxy) is 3. The van der Waals surface area contributed by atoms with Crippen LogP contribution in [0.15, 0.2) is 48.5 Å². The van der Waals surface area contributed by atoms with Gasteiger partial charge in [0.15, 0.2) is 6.29 Å². The third kappa shape index (κ3) is 7.55. The summed E-state index contributed by atoms with van der Waals surface area (Å²) in [6.45, 7) is 5.60. The van der Waals surface area contributed by atoms with E-state index in [1.807, 2.05) is 36.4 Å². The van der Waals surface area contributed by atoms with Crippen LogP contribution in [0.3, 0.4) is 0 Å². The highest BCUT2D eigenvalue weighted by Crippen LogP contribution is 2.42. The van der Waals surface area contributed by atoms with E-state index in [4.69, 9.17) is 14.2 Å². The molecule has 2 amide bonds. The maximum Gasteiger partial charge on any atom is 0.325 e. The smallest absolute Gasteiger partial charge is 0.325 e. The molecule has 212 valence electrons. The number of hydrogen-bond acceptors (Lipinski definition) is 8. The molecule has 2 aromatic rings. The summed E-state index contributed by atoms with van der Waals surface area (Å²) < 4.78 is 17.8. The molecule has 0 aromatic heterocycles. The normalized spacial score (nSPS) is 25.3. The van der Waals surface area contributed by atoms with Gasteiger partial charge in [0.25, 0.3) is 0 Å². The number of nitrogens with zero attached hydrogens (tertiary/aromatic N) is 1. The summed E-state index contributed by atoms with van der Waals surface area (Å²) in [7, 11) is 0. The van der Waals surface area contributed by atoms with Gasteiger partial charge < -0.3 is 35.1 Å². The van der Waals surface area contributed by atoms with Crippen LogP contribution in [0.4, 0.5) is 10.5 Å². The van der Waals surface area contributed by atoms with E-state index < -0.39 is 18.3 Å². The number of hydrogen-bond donors (Lipinski definition) is 4. The van der Waals surface area contributed by atoms with Gasteiger partial charge in [-0.25, -0.2) is 4.79 Å². The number of aliphatic hydroxyl groups is 2. The molecule has 0 unspecified atom stereocenters. The van der Waals surface area contributed by atoms with Crippen molar-refractivity contribution in [3.63, 3.8) is 0 Å². The minimum absolute atomic E-state index is 0.0194. The number of urea groups is 1. The van der Waals surface area contributed by atoms with Crippen LogP contribution in [0.25, 0.3) is 0 Å². The van der Waals surface area contributed by atoms with Gasteiger partial charge in [-0.1, -0.05) is 43.3 Å². The Hall–Kier alpha value is -3.02. The van der Waals surface area contributed by atoms with Crippen LogP contribution in [0, 0.1) is 5.92 Å². The molecule has 10 nitrogen and oxygen atoms in total. The summed E-state index contributed by atoms with van der Waals surface area (Å²) in [6.07, 6.45) is 1.04. The topological polar surface area (TPSA) is 130 Å². The molecule has 2 aromatic carbocycles. The number of carbonyl (C=O) groups is 2. The second-order valence-corrected chi connectivity index (χ2v) is 10.0. The Labute approximate surface area is 229 Å². The van der Waals surface area contributed by atoms with Crippen LogP contribution in [0.5, 0.6) is 0 Å². The van der Waals surface area contributed by atoms with Crippen molar-refractivity contribution < 1.29 is 34.0 Å². The summed E-state index contributed by atoms with van der Waals surface area (Å²) in [6, 6.07) is 14.6. The molecule has 0 bridgehead atoms. The molecule has 5 atom stereocenters. The van der Waals surface area contributed by atoms with Crippen LogP contribution in [-0.2, 0) is 25.6 Å². The largest absolute Gasteiger partial charge is 0.465 e. The number of amides is 2. The van der Waals surface area contributed by atoms with Crippen LogP contribution in [0.1, 0.15) is 55.8 Å². The monoisotopic (exact) mass is 541 g/mol. The lowest BCUT2D eigenvalue weighted by Crippen LogP contribution is -2.46. The van der Waals surface area contributed by atoms with E-state index in [1.54, 1.807) is 19.1 Å². The van der Waals surface area contributed by atoms with Crippen LogP contribution < -0.4 is 10.6 Å². The van der Waals surface area contributed by atoms with Gasteiger partial charge in [-0.2, -0.15) is 0 Å². The molecule has 4 rings (SSSR count). The Morgan fingerprint density at radius 3 is 2.44 bits per heavy atom. The second-order valence-electron chi connectivity index (χ2n) is 10.0. The fourth-order valence-electron chi connectivity index (χ4n) is 5.16. The van der Waals surface area contributed by atoms with Crippen molar-refractivity contribution in [3.8, 4) is 0 Å². The maximum absolute atomic E-state index is 12.1. The predicted molar refractivity (Wildman–Crippen MR) is 145 cm³/mol. The molecule has 2 fully saturated rings. The van der Waals surface area contributed by atoms with E-state index in [0.717, 1.165) is 36.1 Å². The van der Waals surface area contributed by atoms with Gasteiger partial charge in [-0.05, 0) is 49.6 Å². The average Bonchev–Trinajstić information content (AvgIpc) is 3.41. The predicted octanol–water partition coefficient (Wildman–Crippen LogP) is 3.11. The van der Waals surface area contributed by atoms with Gasteiger partial charge >= 0.3 is 12.0 Å². The molecular formula is C29H39N3O7. The van der Waals surface area contributed by atoms with Crippen molar-refractivity contribution in [1.29, 1.82) is 0 Å². The number of esters is 1. The quantitative estimate of drug-likeness (QED) is 0.338. The molecule has 2 aliphatic heterocycles. The zero-order chi connectivity index (χ0) is 27.8. The average molecular weight is 542 g/mol. The van der Waals surface area contributed by atoms with E-state index >= 15 is 0 Å². The SMILES string of the molecule is CCOC(=O)CNC(=O)Nc1ccc([C@@H]2O[C@H](CN3CCC[C@H]3CO)[C@H](C)[C@H](c3ccc(CO)cc3)O2)cc1. The Morgan fingerprint density at radius 2 is 1.77 bits per heavy atom. The van der Waals surface area contributed by atoms with E-state index in [0.29, 0.717) is 12.2 Å². The lowest BCUT2D eigenvalue weighted by atomic mass is 9.90. The number of aliphatic hydroxyl groups excluding tert-OH is 2. The zero-order valence-corrected chi connectivity index (χ0v) is 22.5. The number of nitrogens with one attached hydrogen (secondary N) is 2. The summed E-state index contributed by atoms with van der Waals surface area (Å²) in [5.41, 5.74) is 3.21. The lowest BCUT2D eigenvalue weighted by molar-refractivity contribution is -0.276. The van der Waals surface area contributed by atoms with Gasteiger partial charge in [-0.3, -0.25) is 9.69 Å². The third-order valence-electron chi connectivity index (χ3n) is 7.39. The van der Waals surface area contributed by atoms with Gasteiger partial charge in [-0.15, -0.1) is 0 Å². The van der Waals surface area contributed by atoms with Crippen molar-refractivity contribution in [2.75, 3.05) is 38.2 Å². The fraction of sp³-hybridized carbons (Fsp3) is 0.517. The van der Waals surface area contributed by atoms with Crippen LogP contribution in [-0.4, -0.2) is 72.1 Å². The van der Waals surface area contributed by atoms with Crippen LogP contribution in [0.2, 0.25) is 0 Å². The first-order valence-corrected chi connectivity index (χ1v) is 13.6. The summed E-state index contributed by atoms with van der Waals surface area (Å²) in [4.78, 5) is 25.9. The van der Waals surface area contributed by atoms with Crippen molar-refractivity contribution in [2.45, 2.75) is 57.8 Å². The molecule has 0 radical (unpaired) electrons. The van der Waals surface area contributed by atoms with Crippen molar-refractivity contribution in [3.05, 3.63) is 65.2 Å². The summed E-state index contributed by atoms with van der Waals surface area (Å²) >= 11 is 0. The first-order chi connectivity index (χ1) is 18.9. The Balaban J connectivity index is 1.47. The number of likely N-dealkylation sites (tertiary alicyclic amines) is 1. The van der Waals surface area contributed by atoms with Crippen molar-refractivity contribution >= 4 is 17.7 Å². The number of rotatable bonds is 10. The number of carbonyl (C=O) groups excluding carboxylic acids is 2. The first-order valence-electron chi connectivity index (χ1n) is 13.6. The molecule has 39 heavy (non-hydrogen) atoms. The highest BCUT2D eigenvalue weighted by molar-refractivity contribution is 5.91. The molecule has 2 aliphatic rings. The van der Waals surface area contributed by atoms with E-state index in [1.165, 1.54) is 0 Å². The molecule has 2 saturated heterocycles. The van der Waals surface area contributed by atoms with E-state index in [-0.39, 0.29) is 50.5 Å². The van der Waals surface area contributed by atoms with Crippen molar-refractivity contribution in [1.82, 2.24) is 10.2 Å². The summed E-state index contributed by atoms with van der Waals surface area (Å²) in [5.74, 6) is -0.455. The van der Waals surface area contributed by atoms with Gasteiger partial charge in [0.05, 0.1) is 32.0 Å². The number of anilines is 1. The van der Waals surface area contributed by atoms with E-state index in [9.17, 15) is 19.8 Å². The standard InChI is InChI=1S/C29H39N3O7/c1-3-37-26(35)15-30-29(36)31-23-12-10-22(11-13-23)28-38-25(16-32-14-4-5-24(32)18-34)19(2)27(39-28)21-8-6-20(17-33)7-9-21/h6-13,19,24-25,27-28,33-34H,3-5,14-18H2,1-2H3,(H2,30,31,36)/t19-,24-,25+,27+,28+/m0/s1. The van der Waals surface area contributed by atoms with Crippen LogP contribution >= 0.6 is 0 Å².